The second kappa shape index (κ2) is 13.0. The molecule has 0 bridgehead atoms. The lowest BCUT2D eigenvalue weighted by Gasteiger charge is -2.31. The van der Waals surface area contributed by atoms with Gasteiger partial charge in [-0.15, -0.1) is 0 Å². The Balaban J connectivity index is 1.30. The third kappa shape index (κ3) is 7.04. The van der Waals surface area contributed by atoms with Crippen molar-refractivity contribution < 1.29 is 14.7 Å². The third-order valence-corrected chi connectivity index (χ3v) is 7.64. The number of rotatable bonds is 9. The van der Waals surface area contributed by atoms with Gasteiger partial charge in [0.2, 0.25) is 0 Å². The lowest BCUT2D eigenvalue weighted by Crippen LogP contribution is -2.25. The van der Waals surface area contributed by atoms with Crippen LogP contribution in [0.5, 0.6) is 0 Å². The second-order valence-electron chi connectivity index (χ2n) is 11.6. The Morgan fingerprint density at radius 2 is 1.45 bits per heavy atom. The summed E-state index contributed by atoms with van der Waals surface area (Å²) in [6.45, 7) is 8.21. The molecule has 0 unspecified atom stereocenters. The number of aliphatic hydroxyl groups is 1. The first-order valence-electron chi connectivity index (χ1n) is 14.6. The predicted molar refractivity (Wildman–Crippen MR) is 173 cm³/mol. The van der Waals surface area contributed by atoms with Gasteiger partial charge in [0.25, 0.3) is 0 Å². The highest BCUT2D eigenvalue weighted by Crippen LogP contribution is 2.41. The number of benzene rings is 3. The first kappa shape index (κ1) is 29.0. The molecular formula is C37H38N2O3. The summed E-state index contributed by atoms with van der Waals surface area (Å²) >= 11 is 0. The minimum absolute atomic E-state index is 0.00192. The van der Waals surface area contributed by atoms with E-state index in [0.29, 0.717) is 17.8 Å². The molecule has 0 radical (unpaired) electrons. The molecule has 1 N–H and O–H groups in total. The number of oxime groups is 1. The molecule has 3 aromatic rings. The fourth-order valence-corrected chi connectivity index (χ4v) is 5.58. The van der Waals surface area contributed by atoms with Gasteiger partial charge in [0.15, 0.2) is 0 Å². The molecule has 5 nitrogen and oxygen atoms in total. The minimum Gasteiger partial charge on any atom is -0.395 e. The molecular weight excluding hydrogens is 520 g/mol. The van der Waals surface area contributed by atoms with Crippen LogP contribution in [0.1, 0.15) is 55.9 Å². The van der Waals surface area contributed by atoms with E-state index in [9.17, 15) is 9.90 Å². The first-order valence-corrected chi connectivity index (χ1v) is 14.6. The van der Waals surface area contributed by atoms with E-state index in [1.165, 1.54) is 5.57 Å². The van der Waals surface area contributed by atoms with E-state index >= 15 is 0 Å². The number of hydrogen-bond acceptors (Lipinski definition) is 5. The molecule has 2 aliphatic rings. The van der Waals surface area contributed by atoms with Crippen molar-refractivity contribution in [2.24, 2.45) is 10.6 Å². The first-order chi connectivity index (χ1) is 20.3. The van der Waals surface area contributed by atoms with E-state index in [2.05, 4.69) is 110 Å². The van der Waals surface area contributed by atoms with E-state index < -0.39 is 0 Å². The Hall–Kier alpha value is -4.48. The Morgan fingerprint density at radius 1 is 0.857 bits per heavy atom. The molecule has 0 atom stereocenters. The van der Waals surface area contributed by atoms with Gasteiger partial charge in [-0.1, -0.05) is 116 Å². The highest BCUT2D eigenvalue weighted by atomic mass is 16.7. The summed E-state index contributed by atoms with van der Waals surface area (Å²) in [7, 11) is 0. The predicted octanol–water partition coefficient (Wildman–Crippen LogP) is 7.69. The molecule has 3 aromatic carbocycles. The molecule has 0 fully saturated rings. The maximum atomic E-state index is 12.8. The zero-order chi connectivity index (χ0) is 29.5. The number of carbonyl (C=O) groups is 1. The molecule has 1 aliphatic carbocycles. The summed E-state index contributed by atoms with van der Waals surface area (Å²) in [5, 5.41) is 13.4. The van der Waals surface area contributed by atoms with Crippen LogP contribution in [0.25, 0.3) is 18.2 Å². The van der Waals surface area contributed by atoms with E-state index in [1.807, 2.05) is 30.3 Å². The molecule has 5 rings (SSSR count). The van der Waals surface area contributed by atoms with Crippen molar-refractivity contribution in [1.29, 1.82) is 0 Å². The zero-order valence-corrected chi connectivity index (χ0v) is 24.6. The van der Waals surface area contributed by atoms with Crippen LogP contribution in [0.3, 0.4) is 0 Å². The van der Waals surface area contributed by atoms with Crippen molar-refractivity contribution in [3.63, 3.8) is 0 Å². The average molecular weight is 559 g/mol. The summed E-state index contributed by atoms with van der Waals surface area (Å²) in [5.41, 5.74) is 8.70. The molecule has 0 saturated heterocycles. The maximum Gasteiger partial charge on any atom is 0.368 e. The number of anilines is 1. The second-order valence-corrected chi connectivity index (χ2v) is 11.6. The summed E-state index contributed by atoms with van der Waals surface area (Å²) < 4.78 is 0. The molecule has 0 aromatic heterocycles. The highest BCUT2D eigenvalue weighted by Gasteiger charge is 2.34. The molecule has 0 spiro atoms. The van der Waals surface area contributed by atoms with Gasteiger partial charge < -0.3 is 14.8 Å². The monoisotopic (exact) mass is 558 g/mol. The molecule has 214 valence electrons. The van der Waals surface area contributed by atoms with E-state index in [0.717, 1.165) is 52.9 Å². The Morgan fingerprint density at radius 3 is 2.05 bits per heavy atom. The Labute approximate surface area is 248 Å². The standard InChI is InChI=1S/C37H38N2O3/c1-4-39(22-23-40)33-20-18-29(19-21-33)15-14-27-10-12-28(13-11-27)16-17-30-24-32(26-37(2,3)25-30)34-35(38-42-36(34)41)31-8-6-5-7-9-31/h5-21,24,40H,4,22-23,25-26H2,1-3H3/b15-14+,17-16+,34-32+. The topological polar surface area (TPSA) is 62.1 Å². The van der Waals surface area contributed by atoms with Crippen molar-refractivity contribution in [2.45, 2.75) is 33.6 Å². The van der Waals surface area contributed by atoms with Gasteiger partial charge in [-0.05, 0) is 65.1 Å². The van der Waals surface area contributed by atoms with Crippen molar-refractivity contribution in [2.75, 3.05) is 24.6 Å². The van der Waals surface area contributed by atoms with Crippen LogP contribution in [-0.4, -0.2) is 36.5 Å². The lowest BCUT2D eigenvalue weighted by atomic mass is 9.73. The van der Waals surface area contributed by atoms with Gasteiger partial charge in [0, 0.05) is 24.3 Å². The molecule has 42 heavy (non-hydrogen) atoms. The number of nitrogens with zero attached hydrogens (tertiary/aromatic N) is 2. The Kier molecular flexibility index (Phi) is 8.99. The van der Waals surface area contributed by atoms with Crippen molar-refractivity contribution in [1.82, 2.24) is 0 Å². The van der Waals surface area contributed by atoms with E-state index in [1.54, 1.807) is 0 Å². The quantitative estimate of drug-likeness (QED) is 0.166. The van der Waals surface area contributed by atoms with Crippen LogP contribution in [0, 0.1) is 5.41 Å². The number of allylic oxidation sites excluding steroid dienone is 4. The zero-order valence-electron chi connectivity index (χ0n) is 24.6. The van der Waals surface area contributed by atoms with Crippen LogP contribution >= 0.6 is 0 Å². The summed E-state index contributed by atoms with van der Waals surface area (Å²) in [6.07, 6.45) is 12.4. The lowest BCUT2D eigenvalue weighted by molar-refractivity contribution is -0.136. The summed E-state index contributed by atoms with van der Waals surface area (Å²) in [4.78, 5) is 20.0. The largest absolute Gasteiger partial charge is 0.395 e. The summed E-state index contributed by atoms with van der Waals surface area (Å²) in [5.74, 6) is -0.384. The molecule has 1 aliphatic heterocycles. The van der Waals surface area contributed by atoms with Crippen molar-refractivity contribution in [3.05, 3.63) is 130 Å². The van der Waals surface area contributed by atoms with Crippen LogP contribution in [0.4, 0.5) is 5.69 Å². The third-order valence-electron chi connectivity index (χ3n) is 7.64. The highest BCUT2D eigenvalue weighted by molar-refractivity contribution is 6.29. The SMILES string of the molecule is CCN(CCO)c1ccc(/C=C/c2ccc(/C=C/C3=CC(=C4\C(=O)ON=C4c4ccccc4)/CC(C)(C)C3)cc2)cc1. The van der Waals surface area contributed by atoms with Crippen molar-refractivity contribution in [3.8, 4) is 0 Å². The van der Waals surface area contributed by atoms with Gasteiger partial charge in [-0.3, -0.25) is 0 Å². The van der Waals surface area contributed by atoms with Crippen LogP contribution in [-0.2, 0) is 9.63 Å². The molecule has 0 amide bonds. The van der Waals surface area contributed by atoms with Crippen LogP contribution in [0.15, 0.2) is 113 Å². The van der Waals surface area contributed by atoms with Gasteiger partial charge >= 0.3 is 5.97 Å². The number of carbonyl (C=O) groups excluding carboxylic acids is 1. The van der Waals surface area contributed by atoms with Gasteiger partial charge in [-0.25, -0.2) is 4.79 Å². The Bertz CT molecular complexity index is 1560. The van der Waals surface area contributed by atoms with E-state index in [-0.39, 0.29) is 18.0 Å². The van der Waals surface area contributed by atoms with Crippen LogP contribution in [0.2, 0.25) is 0 Å². The number of hydrogen-bond donors (Lipinski definition) is 1. The normalized spacial score (nSPS) is 18.3. The maximum absolute atomic E-state index is 12.8. The van der Waals surface area contributed by atoms with Crippen LogP contribution < -0.4 is 4.90 Å². The van der Waals surface area contributed by atoms with Gasteiger partial charge in [0.1, 0.15) is 5.71 Å². The van der Waals surface area contributed by atoms with E-state index in [4.69, 9.17) is 4.84 Å². The van der Waals surface area contributed by atoms with Gasteiger partial charge in [0.05, 0.1) is 12.2 Å². The summed E-state index contributed by atoms with van der Waals surface area (Å²) in [6, 6.07) is 26.6. The fourth-order valence-electron chi connectivity index (χ4n) is 5.58. The minimum atomic E-state index is -0.384. The number of aliphatic hydroxyl groups excluding tert-OH is 1. The number of likely N-dealkylation sites (N-methyl/N-ethyl adjacent to an activating group) is 1. The smallest absolute Gasteiger partial charge is 0.368 e. The van der Waals surface area contributed by atoms with Crippen molar-refractivity contribution >= 4 is 35.6 Å². The fraction of sp³-hybridized carbons (Fsp3) is 0.243. The van der Waals surface area contributed by atoms with Gasteiger partial charge in [-0.2, -0.15) is 0 Å². The molecule has 0 saturated carbocycles. The molecule has 5 heteroatoms. The average Bonchev–Trinajstić information content (AvgIpc) is 3.39. The molecule has 1 heterocycles.